The van der Waals surface area contributed by atoms with E-state index < -0.39 is 16.1 Å². The number of aromatic nitrogens is 3. The van der Waals surface area contributed by atoms with Gasteiger partial charge in [-0.2, -0.15) is 9.37 Å². The molecular formula is C18H14ClFN4O3S. The lowest BCUT2D eigenvalue weighted by Gasteiger charge is -2.11. The van der Waals surface area contributed by atoms with Crippen molar-refractivity contribution in [3.63, 3.8) is 0 Å². The largest absolute Gasteiger partial charge is 0.481 e. The zero-order valence-corrected chi connectivity index (χ0v) is 16.1. The standard InChI is InChI=1S/C18H14ClFN4O3S/c1-27-17-13(7-6-12-10-21-18(20)22-11-12)8-9-16(23-17)24-28(25,26)15-5-3-2-4-14(15)19/h2-11H,1H3,(H,23,24)/b7-6+. The van der Waals surface area contributed by atoms with Gasteiger partial charge in [0.05, 0.1) is 12.1 Å². The lowest BCUT2D eigenvalue weighted by atomic mass is 10.2. The van der Waals surface area contributed by atoms with Gasteiger partial charge < -0.3 is 4.74 Å². The van der Waals surface area contributed by atoms with E-state index >= 15 is 0 Å². The van der Waals surface area contributed by atoms with Crippen LogP contribution in [0.5, 0.6) is 5.88 Å². The Bertz CT molecular complexity index is 1120. The predicted molar refractivity (Wildman–Crippen MR) is 104 cm³/mol. The molecule has 0 saturated heterocycles. The molecule has 2 heterocycles. The number of hydrogen-bond acceptors (Lipinski definition) is 6. The normalized spacial score (nSPS) is 11.5. The molecule has 28 heavy (non-hydrogen) atoms. The van der Waals surface area contributed by atoms with Crippen LogP contribution in [0.2, 0.25) is 5.02 Å². The van der Waals surface area contributed by atoms with Crippen LogP contribution >= 0.6 is 11.6 Å². The summed E-state index contributed by atoms with van der Waals surface area (Å²) in [6, 6.07) is 9.19. The van der Waals surface area contributed by atoms with Crippen molar-refractivity contribution >= 4 is 39.6 Å². The van der Waals surface area contributed by atoms with Crippen molar-refractivity contribution in [2.45, 2.75) is 4.90 Å². The average molecular weight is 421 g/mol. The Kier molecular flexibility index (Phi) is 5.86. The number of halogens is 2. The molecule has 0 atom stereocenters. The maximum Gasteiger partial charge on any atom is 0.308 e. The molecule has 0 radical (unpaired) electrons. The number of nitrogens with one attached hydrogen (secondary N) is 1. The first-order valence-electron chi connectivity index (χ1n) is 7.87. The first kappa shape index (κ1) is 19.7. The molecule has 1 N–H and O–H groups in total. The number of anilines is 1. The quantitative estimate of drug-likeness (QED) is 0.612. The second kappa shape index (κ2) is 8.32. The molecule has 0 amide bonds. The van der Waals surface area contributed by atoms with Gasteiger partial charge in [-0.15, -0.1) is 0 Å². The van der Waals surface area contributed by atoms with Crippen LogP contribution in [0.1, 0.15) is 11.1 Å². The van der Waals surface area contributed by atoms with Crippen LogP contribution < -0.4 is 9.46 Å². The van der Waals surface area contributed by atoms with Crippen LogP contribution in [0.15, 0.2) is 53.7 Å². The Morgan fingerprint density at radius 2 is 1.82 bits per heavy atom. The number of sulfonamides is 1. The SMILES string of the molecule is COc1nc(NS(=O)(=O)c2ccccc2Cl)ccc1/C=C/c1cnc(F)nc1. The summed E-state index contributed by atoms with van der Waals surface area (Å²) in [5.41, 5.74) is 1.15. The first-order valence-corrected chi connectivity index (χ1v) is 9.73. The zero-order chi connectivity index (χ0) is 20.1. The monoisotopic (exact) mass is 420 g/mol. The van der Waals surface area contributed by atoms with Crippen molar-refractivity contribution in [3.8, 4) is 5.88 Å². The number of rotatable bonds is 6. The molecule has 2 aromatic heterocycles. The number of pyridine rings is 1. The van der Waals surface area contributed by atoms with Gasteiger partial charge in [0.2, 0.25) is 5.88 Å². The second-order valence-corrected chi connectivity index (χ2v) is 7.51. The van der Waals surface area contributed by atoms with Crippen molar-refractivity contribution in [2.75, 3.05) is 11.8 Å². The maximum atomic E-state index is 12.8. The Morgan fingerprint density at radius 3 is 2.50 bits per heavy atom. The number of nitrogens with zero attached hydrogens (tertiary/aromatic N) is 3. The topological polar surface area (TPSA) is 94.1 Å². The zero-order valence-electron chi connectivity index (χ0n) is 14.5. The molecule has 10 heteroatoms. The van der Waals surface area contributed by atoms with Crippen molar-refractivity contribution in [3.05, 3.63) is 71.0 Å². The molecule has 0 aliphatic carbocycles. The summed E-state index contributed by atoms with van der Waals surface area (Å²) in [5.74, 6) is 0.262. The van der Waals surface area contributed by atoms with Crippen molar-refractivity contribution in [1.82, 2.24) is 15.0 Å². The van der Waals surface area contributed by atoms with E-state index in [9.17, 15) is 12.8 Å². The third-order valence-corrected chi connectivity index (χ3v) is 5.40. The molecule has 0 aliphatic rings. The van der Waals surface area contributed by atoms with Gasteiger partial charge in [0, 0.05) is 23.5 Å². The first-order chi connectivity index (χ1) is 13.4. The van der Waals surface area contributed by atoms with Gasteiger partial charge in [0.1, 0.15) is 10.7 Å². The summed E-state index contributed by atoms with van der Waals surface area (Å²) in [6.45, 7) is 0. The summed E-state index contributed by atoms with van der Waals surface area (Å²) in [6.07, 6.45) is 5.14. The Balaban J connectivity index is 1.85. The molecule has 144 valence electrons. The smallest absolute Gasteiger partial charge is 0.308 e. The Hall–Kier alpha value is -3.04. The highest BCUT2D eigenvalue weighted by Gasteiger charge is 2.18. The molecular weight excluding hydrogens is 407 g/mol. The maximum absolute atomic E-state index is 12.8. The number of hydrogen-bond donors (Lipinski definition) is 1. The van der Waals surface area contributed by atoms with Crippen molar-refractivity contribution < 1.29 is 17.5 Å². The van der Waals surface area contributed by atoms with Gasteiger partial charge >= 0.3 is 6.08 Å². The summed E-state index contributed by atoms with van der Waals surface area (Å²) >= 11 is 5.96. The lowest BCUT2D eigenvalue weighted by molar-refractivity contribution is 0.397. The number of ether oxygens (including phenoxy) is 1. The Morgan fingerprint density at radius 1 is 1.11 bits per heavy atom. The van der Waals surface area contributed by atoms with E-state index in [-0.39, 0.29) is 21.6 Å². The van der Waals surface area contributed by atoms with Gasteiger partial charge in [-0.25, -0.2) is 18.4 Å². The van der Waals surface area contributed by atoms with Crippen LogP contribution in [0, 0.1) is 6.08 Å². The van der Waals surface area contributed by atoms with E-state index in [0.717, 1.165) is 0 Å². The van der Waals surface area contributed by atoms with Gasteiger partial charge in [-0.05, 0) is 30.3 Å². The minimum absolute atomic E-state index is 0.0577. The fourth-order valence-electron chi connectivity index (χ4n) is 2.25. The van der Waals surface area contributed by atoms with Crippen molar-refractivity contribution in [2.24, 2.45) is 0 Å². The molecule has 3 aromatic rings. The van der Waals surface area contributed by atoms with E-state index in [1.54, 1.807) is 30.4 Å². The third kappa shape index (κ3) is 4.62. The fourth-order valence-corrected chi connectivity index (χ4v) is 3.77. The summed E-state index contributed by atoms with van der Waals surface area (Å²) in [7, 11) is -2.50. The van der Waals surface area contributed by atoms with Crippen LogP contribution in [0.25, 0.3) is 12.2 Å². The van der Waals surface area contributed by atoms with Crippen LogP contribution in [0.3, 0.4) is 0 Å². The summed E-state index contributed by atoms with van der Waals surface area (Å²) < 4.78 is 45.4. The highest BCUT2D eigenvalue weighted by atomic mass is 35.5. The summed E-state index contributed by atoms with van der Waals surface area (Å²) in [5, 5.41) is 0.100. The van der Waals surface area contributed by atoms with Gasteiger partial charge in [0.25, 0.3) is 10.0 Å². The highest BCUT2D eigenvalue weighted by Crippen LogP contribution is 2.25. The van der Waals surface area contributed by atoms with Gasteiger partial charge in [-0.3, -0.25) is 4.72 Å². The molecule has 7 nitrogen and oxygen atoms in total. The van der Waals surface area contributed by atoms with Crippen LogP contribution in [0.4, 0.5) is 10.2 Å². The van der Waals surface area contributed by atoms with E-state index in [0.29, 0.717) is 11.1 Å². The van der Waals surface area contributed by atoms with Crippen molar-refractivity contribution in [1.29, 1.82) is 0 Å². The van der Waals surface area contributed by atoms with E-state index in [4.69, 9.17) is 16.3 Å². The molecule has 3 rings (SSSR count). The molecule has 1 aromatic carbocycles. The average Bonchev–Trinajstić information content (AvgIpc) is 2.68. The summed E-state index contributed by atoms with van der Waals surface area (Å²) in [4.78, 5) is 11.0. The minimum atomic E-state index is -3.91. The van der Waals surface area contributed by atoms with Gasteiger partial charge in [-0.1, -0.05) is 29.8 Å². The second-order valence-electron chi connectivity index (χ2n) is 5.45. The molecule has 0 spiro atoms. The van der Waals surface area contributed by atoms with E-state index in [1.165, 1.54) is 37.7 Å². The van der Waals surface area contributed by atoms with Crippen LogP contribution in [-0.4, -0.2) is 30.5 Å². The third-order valence-electron chi connectivity index (χ3n) is 3.54. The van der Waals surface area contributed by atoms with E-state index in [2.05, 4.69) is 19.7 Å². The van der Waals surface area contributed by atoms with Crippen LogP contribution in [-0.2, 0) is 10.0 Å². The Labute approximate surface area is 166 Å². The number of methoxy groups -OCH3 is 1. The number of benzene rings is 1. The minimum Gasteiger partial charge on any atom is -0.481 e. The molecule has 0 bridgehead atoms. The highest BCUT2D eigenvalue weighted by molar-refractivity contribution is 7.92. The van der Waals surface area contributed by atoms with Gasteiger partial charge in [0.15, 0.2) is 0 Å². The fraction of sp³-hybridized carbons (Fsp3) is 0.0556. The predicted octanol–water partition coefficient (Wildman–Crippen LogP) is 3.64. The lowest BCUT2D eigenvalue weighted by Crippen LogP contribution is -2.14. The molecule has 0 saturated carbocycles. The molecule has 0 aliphatic heterocycles. The molecule has 0 unspecified atom stereocenters. The molecule has 0 fully saturated rings. The van der Waals surface area contributed by atoms with E-state index in [1.807, 2.05) is 0 Å².